The Morgan fingerprint density at radius 2 is 1.49 bits per heavy atom. The van der Waals surface area contributed by atoms with Crippen LogP contribution in [0.15, 0.2) is 60.9 Å². The molecule has 0 bridgehead atoms. The molecule has 51 heavy (non-hydrogen) atoms. The molecule has 2 aliphatic rings. The van der Waals surface area contributed by atoms with Crippen molar-refractivity contribution in [3.05, 3.63) is 66.5 Å². The van der Waals surface area contributed by atoms with Crippen LogP contribution in [0.1, 0.15) is 97.5 Å². The normalized spacial score (nSPS) is 19.8. The van der Waals surface area contributed by atoms with Gasteiger partial charge in [-0.25, -0.2) is 9.97 Å². The van der Waals surface area contributed by atoms with Gasteiger partial charge in [-0.15, -0.1) is 0 Å². The van der Waals surface area contributed by atoms with Crippen LogP contribution in [0.5, 0.6) is 5.75 Å². The number of nitrogens with zero attached hydrogens (tertiary/aromatic N) is 3. The predicted octanol–water partition coefficient (Wildman–Crippen LogP) is 7.97. The highest BCUT2D eigenvalue weighted by atomic mass is 16.5. The topological polar surface area (TPSA) is 122 Å². The Balaban J connectivity index is 1.20. The minimum absolute atomic E-state index is 0.0835. The second-order valence-corrected chi connectivity index (χ2v) is 15.6. The van der Waals surface area contributed by atoms with E-state index in [1.165, 1.54) is 25.7 Å². The number of ether oxygens (including phenoxy) is 1. The van der Waals surface area contributed by atoms with E-state index in [-0.39, 0.29) is 29.7 Å². The van der Waals surface area contributed by atoms with Crippen LogP contribution in [0.3, 0.4) is 0 Å². The molecule has 3 aromatic rings. The van der Waals surface area contributed by atoms with Gasteiger partial charge in [0.1, 0.15) is 11.8 Å². The van der Waals surface area contributed by atoms with Crippen LogP contribution in [0.25, 0.3) is 22.5 Å². The van der Waals surface area contributed by atoms with Crippen LogP contribution in [-0.4, -0.2) is 63.5 Å². The lowest BCUT2D eigenvalue weighted by Gasteiger charge is -2.37. The number of carbonyl (C=O) groups is 3. The number of benzene rings is 2. The number of unbranched alkanes of at least 4 members (excludes halogenated alkanes) is 4. The van der Waals surface area contributed by atoms with Crippen molar-refractivity contribution in [1.29, 1.82) is 0 Å². The minimum Gasteiger partial charge on any atom is -0.494 e. The van der Waals surface area contributed by atoms with Gasteiger partial charge >= 0.3 is 5.97 Å². The Kier molecular flexibility index (Phi) is 13.2. The van der Waals surface area contributed by atoms with Crippen LogP contribution in [0.4, 0.5) is 0 Å². The summed E-state index contributed by atoms with van der Waals surface area (Å²) in [5.41, 5.74) is 3.88. The van der Waals surface area contributed by atoms with Crippen molar-refractivity contribution in [3.8, 4) is 28.3 Å². The fourth-order valence-corrected chi connectivity index (χ4v) is 7.38. The molecular weight excluding hydrogens is 640 g/mol. The molecule has 2 amide bonds. The molecular formula is C42H56N4O5. The number of rotatable bonds is 15. The van der Waals surface area contributed by atoms with Crippen LogP contribution in [0, 0.1) is 23.2 Å². The van der Waals surface area contributed by atoms with Gasteiger partial charge < -0.3 is 20.1 Å². The molecule has 0 spiro atoms. The summed E-state index contributed by atoms with van der Waals surface area (Å²) in [5, 5.41) is 12.6. The van der Waals surface area contributed by atoms with Gasteiger partial charge in [-0.05, 0) is 73.1 Å². The SMILES string of the molecule is CCCCCCCOc1ccc(-c2cnc(-c3ccc(C[C@H](NC(=O)C4CCC(C(C)(C)C)CC4)C(=O)N4CC[C@H](C(=O)O)C4)cc3)nc2)cc1. The van der Waals surface area contributed by atoms with Crippen LogP contribution >= 0.6 is 0 Å². The van der Waals surface area contributed by atoms with Gasteiger partial charge in [0.2, 0.25) is 11.8 Å². The van der Waals surface area contributed by atoms with Gasteiger partial charge in [0, 0.05) is 48.9 Å². The third kappa shape index (κ3) is 10.6. The van der Waals surface area contributed by atoms with E-state index in [9.17, 15) is 19.5 Å². The minimum atomic E-state index is -0.890. The quantitative estimate of drug-likeness (QED) is 0.155. The van der Waals surface area contributed by atoms with Gasteiger partial charge in [-0.3, -0.25) is 14.4 Å². The van der Waals surface area contributed by atoms with E-state index < -0.39 is 17.9 Å². The van der Waals surface area contributed by atoms with E-state index in [4.69, 9.17) is 4.74 Å². The number of aromatic nitrogens is 2. The van der Waals surface area contributed by atoms with Gasteiger partial charge in [0.15, 0.2) is 5.82 Å². The fourth-order valence-electron chi connectivity index (χ4n) is 7.38. The van der Waals surface area contributed by atoms with E-state index >= 15 is 0 Å². The van der Waals surface area contributed by atoms with Crippen LogP contribution in [0.2, 0.25) is 0 Å². The van der Waals surface area contributed by atoms with E-state index in [2.05, 4.69) is 43.0 Å². The van der Waals surface area contributed by atoms with Crippen LogP contribution in [-0.2, 0) is 20.8 Å². The maximum absolute atomic E-state index is 13.8. The average Bonchev–Trinajstić information content (AvgIpc) is 3.64. The first-order valence-corrected chi connectivity index (χ1v) is 19.0. The first-order valence-electron chi connectivity index (χ1n) is 19.0. The summed E-state index contributed by atoms with van der Waals surface area (Å²) in [6.07, 6.45) is 14.0. The number of carboxylic acids is 1. The number of hydrogen-bond acceptors (Lipinski definition) is 6. The summed E-state index contributed by atoms with van der Waals surface area (Å²) in [6.45, 7) is 10.3. The monoisotopic (exact) mass is 696 g/mol. The number of amides is 2. The number of aliphatic carboxylic acids is 1. The first-order chi connectivity index (χ1) is 24.5. The lowest BCUT2D eigenvalue weighted by molar-refractivity contribution is -0.142. The molecule has 1 aromatic heterocycles. The van der Waals surface area contributed by atoms with Crippen molar-refractivity contribution < 1.29 is 24.2 Å². The second kappa shape index (κ2) is 17.8. The smallest absolute Gasteiger partial charge is 0.308 e. The Morgan fingerprint density at radius 1 is 0.843 bits per heavy atom. The van der Waals surface area contributed by atoms with Crippen LogP contribution < -0.4 is 10.1 Å². The molecule has 1 saturated heterocycles. The molecule has 2 fully saturated rings. The maximum Gasteiger partial charge on any atom is 0.308 e. The van der Waals surface area contributed by atoms with Gasteiger partial charge in [0.05, 0.1) is 12.5 Å². The largest absolute Gasteiger partial charge is 0.494 e. The Morgan fingerprint density at radius 3 is 2.10 bits per heavy atom. The number of likely N-dealkylation sites (tertiary alicyclic amines) is 1. The molecule has 0 radical (unpaired) electrons. The number of carboxylic acid groups (broad SMARTS) is 1. The van der Waals surface area contributed by atoms with Gasteiger partial charge in [-0.1, -0.05) is 89.8 Å². The highest BCUT2D eigenvalue weighted by molar-refractivity contribution is 5.89. The number of carbonyl (C=O) groups excluding carboxylic acids is 2. The van der Waals surface area contributed by atoms with Crippen molar-refractivity contribution in [2.45, 2.75) is 104 Å². The zero-order valence-corrected chi connectivity index (χ0v) is 30.9. The molecule has 274 valence electrons. The predicted molar refractivity (Wildman–Crippen MR) is 200 cm³/mol. The summed E-state index contributed by atoms with van der Waals surface area (Å²) >= 11 is 0. The van der Waals surface area contributed by atoms with Crippen molar-refractivity contribution in [2.24, 2.45) is 23.2 Å². The maximum atomic E-state index is 13.8. The highest BCUT2D eigenvalue weighted by Crippen LogP contribution is 2.40. The third-order valence-electron chi connectivity index (χ3n) is 10.8. The molecule has 1 aliphatic carbocycles. The standard InChI is InChI=1S/C42H56N4O5/c1-5-6-7-8-9-24-51-36-20-16-30(17-21-36)34-26-43-38(44-27-34)31-12-10-29(11-13-31)25-37(40(48)46-23-22-33(28-46)41(49)50)45-39(47)32-14-18-35(19-15-32)42(2,3)4/h10-13,16-17,20-21,26-27,32-33,35,37H,5-9,14-15,18-19,22-25,28H2,1-4H3,(H,45,47)(H,49,50)/t32?,33-,35?,37-/m0/s1. The van der Waals surface area contributed by atoms with Crippen molar-refractivity contribution in [2.75, 3.05) is 19.7 Å². The molecule has 2 atom stereocenters. The first kappa shape index (κ1) is 38.0. The van der Waals surface area contributed by atoms with E-state index in [1.807, 2.05) is 60.9 Å². The molecule has 5 rings (SSSR count). The number of hydrogen-bond donors (Lipinski definition) is 2. The highest BCUT2D eigenvalue weighted by Gasteiger charge is 2.37. The lowest BCUT2D eigenvalue weighted by Crippen LogP contribution is -2.51. The fraction of sp³-hybridized carbons (Fsp3) is 0.548. The van der Waals surface area contributed by atoms with Crippen molar-refractivity contribution >= 4 is 17.8 Å². The molecule has 1 saturated carbocycles. The number of nitrogens with one attached hydrogen (secondary N) is 1. The van der Waals surface area contributed by atoms with E-state index in [0.29, 0.717) is 31.1 Å². The van der Waals surface area contributed by atoms with Crippen molar-refractivity contribution in [1.82, 2.24) is 20.2 Å². The van der Waals surface area contributed by atoms with E-state index in [1.54, 1.807) is 4.90 Å². The molecule has 2 N–H and O–H groups in total. The Bertz CT molecular complexity index is 1580. The van der Waals surface area contributed by atoms with Gasteiger partial charge in [-0.2, -0.15) is 0 Å². The Hall–Kier alpha value is -4.27. The zero-order valence-electron chi connectivity index (χ0n) is 30.9. The summed E-state index contributed by atoms with van der Waals surface area (Å²) in [4.78, 5) is 49.7. The molecule has 0 unspecified atom stereocenters. The molecule has 2 heterocycles. The van der Waals surface area contributed by atoms with Crippen molar-refractivity contribution in [3.63, 3.8) is 0 Å². The van der Waals surface area contributed by atoms with Gasteiger partial charge in [0.25, 0.3) is 0 Å². The third-order valence-corrected chi connectivity index (χ3v) is 10.8. The summed E-state index contributed by atoms with van der Waals surface area (Å²) in [5.74, 6) is 0.144. The zero-order chi connectivity index (χ0) is 36.4. The second-order valence-electron chi connectivity index (χ2n) is 15.6. The lowest BCUT2D eigenvalue weighted by atomic mass is 9.69. The summed E-state index contributed by atoms with van der Waals surface area (Å²) < 4.78 is 5.90. The van der Waals surface area contributed by atoms with E-state index in [0.717, 1.165) is 66.7 Å². The summed E-state index contributed by atoms with van der Waals surface area (Å²) in [7, 11) is 0. The molecule has 2 aromatic carbocycles. The Labute approximate surface area is 303 Å². The molecule has 1 aliphatic heterocycles. The molecule has 9 heteroatoms. The molecule has 9 nitrogen and oxygen atoms in total. The summed E-state index contributed by atoms with van der Waals surface area (Å²) in [6, 6.07) is 15.0. The average molecular weight is 697 g/mol.